The largest absolute Gasteiger partial charge is 0.396 e. The molecule has 2 rings (SSSR count). The molecule has 5 heteroatoms. The van der Waals surface area contributed by atoms with Gasteiger partial charge in [0.15, 0.2) is 0 Å². The first-order chi connectivity index (χ1) is 8.71. The smallest absolute Gasteiger partial charge is 0.271 e. The van der Waals surface area contributed by atoms with Gasteiger partial charge < -0.3 is 10.0 Å². The second-order valence-electron chi connectivity index (χ2n) is 5.21. The summed E-state index contributed by atoms with van der Waals surface area (Å²) in [5.74, 6) is -0.0128. The van der Waals surface area contributed by atoms with Gasteiger partial charge in [-0.15, -0.1) is 0 Å². The van der Waals surface area contributed by atoms with Crippen molar-refractivity contribution in [2.45, 2.75) is 32.6 Å². The summed E-state index contributed by atoms with van der Waals surface area (Å²) in [6.07, 6.45) is 5.55. The zero-order valence-electron chi connectivity index (χ0n) is 10.9. The van der Waals surface area contributed by atoms with Gasteiger partial charge in [0.1, 0.15) is 5.69 Å². The van der Waals surface area contributed by atoms with Crippen LogP contribution in [0.1, 0.15) is 43.1 Å². The van der Waals surface area contributed by atoms with E-state index in [1.807, 2.05) is 4.90 Å². The van der Waals surface area contributed by atoms with Crippen LogP contribution in [0.2, 0.25) is 0 Å². The third-order valence-corrected chi connectivity index (χ3v) is 3.80. The molecule has 1 aromatic heterocycles. The number of carbonyl (C=O) groups excluding carboxylic acids is 1. The lowest BCUT2D eigenvalue weighted by Gasteiger charge is -2.41. The first-order valence-corrected chi connectivity index (χ1v) is 6.60. The van der Waals surface area contributed by atoms with Crippen LogP contribution in [0.15, 0.2) is 12.3 Å². The Kier molecular flexibility index (Phi) is 4.01. The van der Waals surface area contributed by atoms with E-state index in [0.29, 0.717) is 12.2 Å². The molecule has 100 valence electrons. The molecule has 1 fully saturated rings. The maximum absolute atomic E-state index is 12.2. The predicted molar refractivity (Wildman–Crippen MR) is 68.2 cm³/mol. The van der Waals surface area contributed by atoms with Crippen LogP contribution >= 0.6 is 0 Å². The number of aromatic amines is 1. The van der Waals surface area contributed by atoms with Crippen molar-refractivity contribution in [1.82, 2.24) is 15.1 Å². The molecule has 0 aliphatic carbocycles. The van der Waals surface area contributed by atoms with Gasteiger partial charge in [0.2, 0.25) is 0 Å². The van der Waals surface area contributed by atoms with Gasteiger partial charge in [-0.05, 0) is 25.3 Å². The Morgan fingerprint density at radius 1 is 1.67 bits per heavy atom. The van der Waals surface area contributed by atoms with Crippen LogP contribution in [0.3, 0.4) is 0 Å². The first kappa shape index (κ1) is 13.1. The maximum atomic E-state index is 12.2. The van der Waals surface area contributed by atoms with Crippen LogP contribution in [0.25, 0.3) is 0 Å². The zero-order chi connectivity index (χ0) is 13.0. The molecule has 1 saturated heterocycles. The van der Waals surface area contributed by atoms with E-state index < -0.39 is 0 Å². The van der Waals surface area contributed by atoms with E-state index in [-0.39, 0.29) is 17.9 Å². The van der Waals surface area contributed by atoms with Crippen LogP contribution in [0, 0.1) is 5.41 Å². The van der Waals surface area contributed by atoms with Crippen molar-refractivity contribution < 1.29 is 9.90 Å². The Morgan fingerprint density at radius 3 is 3.11 bits per heavy atom. The molecule has 1 aliphatic rings. The van der Waals surface area contributed by atoms with E-state index in [0.717, 1.165) is 32.2 Å². The molecule has 0 spiro atoms. The molecule has 1 amide bonds. The molecule has 5 nitrogen and oxygen atoms in total. The third-order valence-electron chi connectivity index (χ3n) is 3.80. The highest BCUT2D eigenvalue weighted by Crippen LogP contribution is 2.34. The van der Waals surface area contributed by atoms with Gasteiger partial charge in [-0.3, -0.25) is 9.89 Å². The zero-order valence-corrected chi connectivity index (χ0v) is 10.9. The standard InChI is InChI=1S/C13H21N3O2/c1-2-5-13(10-17)6-3-8-16(9-13)12(18)11-4-7-14-15-11/h4,7,17H,2-3,5-6,8-10H2,1H3,(H,14,15)/t13-/m1/s1. The number of rotatable bonds is 4. The summed E-state index contributed by atoms with van der Waals surface area (Å²) in [7, 11) is 0. The number of piperidine rings is 1. The SMILES string of the molecule is CCC[C@@]1(CO)CCCN(C(=O)c2ccn[nH]2)C1. The highest BCUT2D eigenvalue weighted by atomic mass is 16.3. The fraction of sp³-hybridized carbons (Fsp3) is 0.692. The fourth-order valence-electron chi connectivity index (χ4n) is 2.87. The van der Waals surface area contributed by atoms with Gasteiger partial charge in [-0.2, -0.15) is 5.10 Å². The van der Waals surface area contributed by atoms with Gasteiger partial charge in [0.25, 0.3) is 5.91 Å². The minimum atomic E-state index is -0.108. The van der Waals surface area contributed by atoms with Crippen LogP contribution < -0.4 is 0 Å². The molecule has 2 N–H and O–H groups in total. The molecule has 2 heterocycles. The number of hydrogen-bond acceptors (Lipinski definition) is 3. The molecular formula is C13H21N3O2. The number of hydrogen-bond donors (Lipinski definition) is 2. The third kappa shape index (κ3) is 2.56. The monoisotopic (exact) mass is 251 g/mol. The van der Waals surface area contributed by atoms with Gasteiger partial charge in [-0.25, -0.2) is 0 Å². The van der Waals surface area contributed by atoms with Crippen LogP contribution in [-0.2, 0) is 0 Å². The average Bonchev–Trinajstić information content (AvgIpc) is 2.92. The molecule has 0 unspecified atom stereocenters. The Balaban J connectivity index is 2.08. The molecular weight excluding hydrogens is 230 g/mol. The summed E-state index contributed by atoms with van der Waals surface area (Å²) >= 11 is 0. The Morgan fingerprint density at radius 2 is 2.50 bits per heavy atom. The van der Waals surface area contributed by atoms with Gasteiger partial charge in [-0.1, -0.05) is 13.3 Å². The van der Waals surface area contributed by atoms with Crippen molar-refractivity contribution in [1.29, 1.82) is 0 Å². The molecule has 1 aromatic rings. The lowest BCUT2D eigenvalue weighted by Crippen LogP contribution is -2.48. The minimum Gasteiger partial charge on any atom is -0.396 e. The summed E-state index contributed by atoms with van der Waals surface area (Å²) in [5.41, 5.74) is 0.420. The summed E-state index contributed by atoms with van der Waals surface area (Å²) < 4.78 is 0. The maximum Gasteiger partial charge on any atom is 0.271 e. The van der Waals surface area contributed by atoms with Crippen molar-refractivity contribution in [3.8, 4) is 0 Å². The molecule has 0 bridgehead atoms. The Labute approximate surface area is 107 Å². The van der Waals surface area contributed by atoms with Crippen LogP contribution in [0.4, 0.5) is 0 Å². The fourth-order valence-corrected chi connectivity index (χ4v) is 2.87. The highest BCUT2D eigenvalue weighted by molar-refractivity contribution is 5.92. The number of nitrogens with one attached hydrogen (secondary N) is 1. The predicted octanol–water partition coefficient (Wildman–Crippen LogP) is 1.42. The number of nitrogens with zero attached hydrogens (tertiary/aromatic N) is 2. The molecule has 0 saturated carbocycles. The lowest BCUT2D eigenvalue weighted by molar-refractivity contribution is 0.0219. The molecule has 1 aliphatic heterocycles. The summed E-state index contributed by atoms with van der Waals surface area (Å²) in [5, 5.41) is 16.2. The van der Waals surface area contributed by atoms with Gasteiger partial charge in [0.05, 0.1) is 6.61 Å². The summed E-state index contributed by atoms with van der Waals surface area (Å²) in [6.45, 7) is 3.69. The van der Waals surface area contributed by atoms with Crippen LogP contribution in [-0.4, -0.2) is 45.8 Å². The van der Waals surface area contributed by atoms with E-state index >= 15 is 0 Å². The molecule has 0 aromatic carbocycles. The van der Waals surface area contributed by atoms with Crippen molar-refractivity contribution in [2.24, 2.45) is 5.41 Å². The van der Waals surface area contributed by atoms with E-state index in [1.54, 1.807) is 12.3 Å². The topological polar surface area (TPSA) is 69.2 Å². The number of aliphatic hydroxyl groups excluding tert-OH is 1. The lowest BCUT2D eigenvalue weighted by atomic mass is 9.77. The van der Waals surface area contributed by atoms with Crippen molar-refractivity contribution >= 4 is 5.91 Å². The van der Waals surface area contributed by atoms with Gasteiger partial charge >= 0.3 is 0 Å². The van der Waals surface area contributed by atoms with Crippen molar-refractivity contribution in [3.63, 3.8) is 0 Å². The second kappa shape index (κ2) is 5.52. The van der Waals surface area contributed by atoms with E-state index in [2.05, 4.69) is 17.1 Å². The first-order valence-electron chi connectivity index (χ1n) is 6.60. The number of H-pyrrole nitrogens is 1. The number of carbonyl (C=O) groups is 1. The van der Waals surface area contributed by atoms with E-state index in [4.69, 9.17) is 0 Å². The molecule has 0 radical (unpaired) electrons. The quantitative estimate of drug-likeness (QED) is 0.850. The number of aromatic nitrogens is 2. The van der Waals surface area contributed by atoms with Crippen LogP contribution in [0.5, 0.6) is 0 Å². The summed E-state index contributed by atoms with van der Waals surface area (Å²) in [4.78, 5) is 14.1. The number of amides is 1. The van der Waals surface area contributed by atoms with Gasteiger partial charge in [0, 0.05) is 24.7 Å². The van der Waals surface area contributed by atoms with E-state index in [1.165, 1.54) is 0 Å². The normalized spacial score (nSPS) is 24.2. The summed E-state index contributed by atoms with van der Waals surface area (Å²) in [6, 6.07) is 1.69. The average molecular weight is 251 g/mol. The highest BCUT2D eigenvalue weighted by Gasteiger charge is 2.36. The molecule has 18 heavy (non-hydrogen) atoms. The van der Waals surface area contributed by atoms with Crippen molar-refractivity contribution in [2.75, 3.05) is 19.7 Å². The Hall–Kier alpha value is -1.36. The van der Waals surface area contributed by atoms with E-state index in [9.17, 15) is 9.90 Å². The molecule has 1 atom stereocenters. The van der Waals surface area contributed by atoms with Crippen molar-refractivity contribution in [3.05, 3.63) is 18.0 Å². The number of likely N-dealkylation sites (tertiary alicyclic amines) is 1. The number of aliphatic hydroxyl groups is 1. The minimum absolute atomic E-state index is 0.0128. The Bertz CT molecular complexity index is 387. The second-order valence-corrected chi connectivity index (χ2v) is 5.21.